The molecular formula is C14H24O4. The van der Waals surface area contributed by atoms with Crippen molar-refractivity contribution in [1.29, 1.82) is 0 Å². The van der Waals surface area contributed by atoms with Crippen LogP contribution < -0.4 is 0 Å². The molecule has 4 heteroatoms. The van der Waals surface area contributed by atoms with Crippen LogP contribution in [0, 0.1) is 0 Å². The van der Waals surface area contributed by atoms with Crippen LogP contribution in [0.2, 0.25) is 0 Å². The Morgan fingerprint density at radius 3 is 1.44 bits per heavy atom. The van der Waals surface area contributed by atoms with Crippen molar-refractivity contribution in [2.45, 2.75) is 65.6 Å². The van der Waals surface area contributed by atoms with Gasteiger partial charge in [0.1, 0.15) is 0 Å². The minimum Gasteiger partial charge on any atom is -0.463 e. The van der Waals surface area contributed by atoms with Crippen LogP contribution in [0.5, 0.6) is 0 Å². The lowest BCUT2D eigenvalue weighted by Gasteiger charge is -2.06. The summed E-state index contributed by atoms with van der Waals surface area (Å²) >= 11 is 0. The molecule has 0 N–H and O–H groups in total. The van der Waals surface area contributed by atoms with Crippen LogP contribution in [0.15, 0.2) is 12.2 Å². The van der Waals surface area contributed by atoms with Crippen LogP contribution in [0.25, 0.3) is 0 Å². The summed E-state index contributed by atoms with van der Waals surface area (Å²) in [6.45, 7) is 7.31. The lowest BCUT2D eigenvalue weighted by atomic mass is 10.2. The summed E-state index contributed by atoms with van der Waals surface area (Å²) in [5.41, 5.74) is 0. The largest absolute Gasteiger partial charge is 0.463 e. The van der Waals surface area contributed by atoms with Gasteiger partial charge in [0, 0.05) is 12.8 Å². The first kappa shape index (κ1) is 16.7. The van der Waals surface area contributed by atoms with Crippen LogP contribution in [-0.4, -0.2) is 24.1 Å². The maximum absolute atomic E-state index is 11.2. The van der Waals surface area contributed by atoms with Crippen molar-refractivity contribution in [2.75, 3.05) is 0 Å². The average molecular weight is 256 g/mol. The van der Waals surface area contributed by atoms with Crippen LogP contribution in [0.3, 0.4) is 0 Å². The van der Waals surface area contributed by atoms with Crippen molar-refractivity contribution in [2.24, 2.45) is 0 Å². The maximum atomic E-state index is 11.2. The molecule has 0 aromatic carbocycles. The summed E-state index contributed by atoms with van der Waals surface area (Å²) in [5.74, 6) is -0.372. The Morgan fingerprint density at radius 1 is 0.833 bits per heavy atom. The smallest absolute Gasteiger partial charge is 0.306 e. The van der Waals surface area contributed by atoms with Crippen molar-refractivity contribution in [3.05, 3.63) is 12.2 Å². The number of hydrogen-bond acceptors (Lipinski definition) is 4. The highest BCUT2D eigenvalue weighted by atomic mass is 16.5. The van der Waals surface area contributed by atoms with E-state index in [0.29, 0.717) is 25.7 Å². The number of carbonyl (C=O) groups is 2. The SMILES string of the molecule is CC(C)OC(=O)CCC=CCCC(=O)OC(C)C. The monoisotopic (exact) mass is 256 g/mol. The molecule has 4 nitrogen and oxygen atoms in total. The van der Waals surface area contributed by atoms with Gasteiger partial charge in [0.15, 0.2) is 0 Å². The molecule has 0 saturated carbocycles. The van der Waals surface area contributed by atoms with E-state index in [2.05, 4.69) is 0 Å². The number of rotatable bonds is 8. The Bertz CT molecular complexity index is 252. The fourth-order valence-electron chi connectivity index (χ4n) is 1.28. The van der Waals surface area contributed by atoms with Gasteiger partial charge in [0.25, 0.3) is 0 Å². The Hall–Kier alpha value is -1.32. The molecule has 0 saturated heterocycles. The van der Waals surface area contributed by atoms with Gasteiger partial charge in [-0.1, -0.05) is 12.2 Å². The number of ether oxygens (including phenoxy) is 2. The maximum Gasteiger partial charge on any atom is 0.306 e. The van der Waals surface area contributed by atoms with E-state index in [1.165, 1.54) is 0 Å². The molecule has 0 bridgehead atoms. The number of esters is 2. The van der Waals surface area contributed by atoms with Crippen LogP contribution in [-0.2, 0) is 19.1 Å². The third-order valence-electron chi connectivity index (χ3n) is 1.93. The van der Waals surface area contributed by atoms with Crippen molar-refractivity contribution >= 4 is 11.9 Å². The average Bonchev–Trinajstić information content (AvgIpc) is 2.20. The fraction of sp³-hybridized carbons (Fsp3) is 0.714. The highest BCUT2D eigenvalue weighted by Crippen LogP contribution is 2.01. The highest BCUT2D eigenvalue weighted by molar-refractivity contribution is 5.70. The topological polar surface area (TPSA) is 52.6 Å². The Balaban J connectivity index is 3.55. The minimum atomic E-state index is -0.186. The molecule has 0 aliphatic carbocycles. The lowest BCUT2D eigenvalue weighted by Crippen LogP contribution is -2.10. The number of allylic oxidation sites excluding steroid dienone is 2. The second-order valence-electron chi connectivity index (χ2n) is 4.63. The molecule has 0 heterocycles. The molecule has 0 aromatic heterocycles. The van der Waals surface area contributed by atoms with Crippen LogP contribution in [0.1, 0.15) is 53.4 Å². The van der Waals surface area contributed by atoms with Gasteiger partial charge in [-0.2, -0.15) is 0 Å². The zero-order chi connectivity index (χ0) is 14.0. The zero-order valence-electron chi connectivity index (χ0n) is 11.8. The zero-order valence-corrected chi connectivity index (χ0v) is 11.8. The molecule has 0 radical (unpaired) electrons. The van der Waals surface area contributed by atoms with Crippen molar-refractivity contribution in [3.8, 4) is 0 Å². The van der Waals surface area contributed by atoms with Gasteiger partial charge in [0.05, 0.1) is 12.2 Å². The molecule has 0 atom stereocenters. The summed E-state index contributed by atoms with van der Waals surface area (Å²) in [6.07, 6.45) is 5.71. The van der Waals surface area contributed by atoms with Crippen LogP contribution >= 0.6 is 0 Å². The molecule has 18 heavy (non-hydrogen) atoms. The first-order valence-corrected chi connectivity index (χ1v) is 6.45. The summed E-state index contributed by atoms with van der Waals surface area (Å²) in [4.78, 5) is 22.4. The molecule has 0 spiro atoms. The summed E-state index contributed by atoms with van der Waals surface area (Å²) in [5, 5.41) is 0. The predicted molar refractivity (Wildman–Crippen MR) is 70.1 cm³/mol. The number of carbonyl (C=O) groups excluding carboxylic acids is 2. The normalized spacial score (nSPS) is 11.2. The van der Waals surface area contributed by atoms with Gasteiger partial charge in [-0.15, -0.1) is 0 Å². The summed E-state index contributed by atoms with van der Waals surface area (Å²) in [6, 6.07) is 0. The van der Waals surface area contributed by atoms with E-state index in [1.807, 2.05) is 39.8 Å². The first-order chi connectivity index (χ1) is 8.41. The molecule has 0 rings (SSSR count). The van der Waals surface area contributed by atoms with Crippen molar-refractivity contribution in [1.82, 2.24) is 0 Å². The van der Waals surface area contributed by atoms with Gasteiger partial charge < -0.3 is 9.47 Å². The molecule has 0 unspecified atom stereocenters. The van der Waals surface area contributed by atoms with E-state index in [0.717, 1.165) is 0 Å². The molecular weight excluding hydrogens is 232 g/mol. The van der Waals surface area contributed by atoms with Crippen molar-refractivity contribution in [3.63, 3.8) is 0 Å². The molecule has 0 aliphatic heterocycles. The van der Waals surface area contributed by atoms with Gasteiger partial charge in [-0.3, -0.25) is 9.59 Å². The molecule has 0 fully saturated rings. The Labute approximate surface area is 109 Å². The quantitative estimate of drug-likeness (QED) is 0.495. The van der Waals surface area contributed by atoms with Gasteiger partial charge >= 0.3 is 11.9 Å². The third kappa shape index (κ3) is 11.2. The van der Waals surface area contributed by atoms with E-state index in [4.69, 9.17) is 9.47 Å². The number of hydrogen-bond donors (Lipinski definition) is 0. The second kappa shape index (κ2) is 9.68. The predicted octanol–water partition coefficient (Wildman–Crippen LogP) is 3.01. The molecule has 104 valence electrons. The Morgan fingerprint density at radius 2 is 1.17 bits per heavy atom. The minimum absolute atomic E-state index is 0.0627. The molecule has 0 aliphatic rings. The fourth-order valence-corrected chi connectivity index (χ4v) is 1.28. The van der Waals surface area contributed by atoms with E-state index < -0.39 is 0 Å². The third-order valence-corrected chi connectivity index (χ3v) is 1.93. The molecule has 0 amide bonds. The van der Waals surface area contributed by atoms with Gasteiger partial charge in [-0.05, 0) is 40.5 Å². The standard InChI is InChI=1S/C14H24O4/c1-11(2)17-13(15)9-7-5-6-8-10-14(16)18-12(3)4/h5-6,11-12H,7-10H2,1-4H3. The van der Waals surface area contributed by atoms with Gasteiger partial charge in [-0.25, -0.2) is 0 Å². The molecule has 0 aromatic rings. The summed E-state index contributed by atoms with van der Waals surface area (Å²) < 4.78 is 9.98. The second-order valence-corrected chi connectivity index (χ2v) is 4.63. The van der Waals surface area contributed by atoms with Gasteiger partial charge in [0.2, 0.25) is 0 Å². The van der Waals surface area contributed by atoms with E-state index in [-0.39, 0.29) is 24.1 Å². The first-order valence-electron chi connectivity index (χ1n) is 6.45. The van der Waals surface area contributed by atoms with E-state index >= 15 is 0 Å². The lowest BCUT2D eigenvalue weighted by molar-refractivity contribution is -0.148. The van der Waals surface area contributed by atoms with Crippen molar-refractivity contribution < 1.29 is 19.1 Å². The van der Waals surface area contributed by atoms with Crippen LogP contribution in [0.4, 0.5) is 0 Å². The van der Waals surface area contributed by atoms with E-state index in [1.54, 1.807) is 0 Å². The summed E-state index contributed by atoms with van der Waals surface area (Å²) in [7, 11) is 0. The highest BCUT2D eigenvalue weighted by Gasteiger charge is 2.04. The van der Waals surface area contributed by atoms with E-state index in [9.17, 15) is 9.59 Å². The Kier molecular flexibility index (Phi) is 8.97.